The van der Waals surface area contributed by atoms with Crippen LogP contribution in [-0.4, -0.2) is 16.0 Å². The number of rotatable bonds is 6. The molecule has 0 radical (unpaired) electrons. The molecule has 0 spiro atoms. The molecular formula is C18H16FN3O2S. The normalized spacial score (nSPS) is 10.6. The summed E-state index contributed by atoms with van der Waals surface area (Å²) in [6, 6.07) is 13.6. The number of hydrogen-bond acceptors (Lipinski definition) is 5. The minimum atomic E-state index is -0.336. The number of amides is 1. The first-order valence-electron chi connectivity index (χ1n) is 7.66. The monoisotopic (exact) mass is 357 g/mol. The maximum absolute atomic E-state index is 13.7. The lowest BCUT2D eigenvalue weighted by Gasteiger charge is -2.09. The van der Waals surface area contributed by atoms with Crippen LogP contribution < -0.4 is 5.32 Å². The fourth-order valence-corrected chi connectivity index (χ4v) is 3.12. The molecule has 2 aromatic carbocycles. The maximum atomic E-state index is 13.7. The Morgan fingerprint density at radius 2 is 1.96 bits per heavy atom. The first-order chi connectivity index (χ1) is 12.1. The number of halogens is 1. The predicted octanol–water partition coefficient (Wildman–Crippen LogP) is 3.74. The van der Waals surface area contributed by atoms with E-state index in [9.17, 15) is 9.18 Å². The molecule has 0 fully saturated rings. The summed E-state index contributed by atoms with van der Waals surface area (Å²) >= 11 is 1.44. The first-order valence-corrected chi connectivity index (χ1v) is 8.64. The Kier molecular flexibility index (Phi) is 5.45. The summed E-state index contributed by atoms with van der Waals surface area (Å²) in [6.07, 6.45) is 0. The van der Waals surface area contributed by atoms with Gasteiger partial charge in [-0.1, -0.05) is 35.5 Å². The number of hydrogen-bond donors (Lipinski definition) is 1. The van der Waals surface area contributed by atoms with Crippen LogP contribution in [0, 0.1) is 12.7 Å². The van der Waals surface area contributed by atoms with Crippen LogP contribution in [0.15, 0.2) is 57.9 Å². The van der Waals surface area contributed by atoms with Crippen molar-refractivity contribution in [1.29, 1.82) is 0 Å². The number of carbonyl (C=O) groups is 1. The molecule has 0 atom stereocenters. The summed E-state index contributed by atoms with van der Waals surface area (Å²) in [5, 5.41) is 6.50. The van der Waals surface area contributed by atoms with E-state index in [1.165, 1.54) is 17.8 Å². The molecule has 0 aliphatic rings. The second kappa shape index (κ2) is 7.94. The molecule has 1 N–H and O–H groups in total. The highest BCUT2D eigenvalue weighted by Crippen LogP contribution is 2.26. The van der Waals surface area contributed by atoms with E-state index in [1.807, 2.05) is 12.1 Å². The Balaban J connectivity index is 1.67. The number of aryl methyl sites for hydroxylation is 1. The molecule has 0 saturated heterocycles. The van der Waals surface area contributed by atoms with E-state index in [-0.39, 0.29) is 18.3 Å². The van der Waals surface area contributed by atoms with E-state index in [2.05, 4.69) is 15.5 Å². The van der Waals surface area contributed by atoms with Crippen molar-refractivity contribution in [2.75, 3.05) is 0 Å². The maximum Gasteiger partial charge on any atom is 0.252 e. The summed E-state index contributed by atoms with van der Waals surface area (Å²) in [6.45, 7) is 1.88. The summed E-state index contributed by atoms with van der Waals surface area (Å²) in [5.74, 6) is 0.958. The fraction of sp³-hybridized carbons (Fsp3) is 0.167. The lowest BCUT2D eigenvalue weighted by Crippen LogP contribution is -2.23. The second-order valence-corrected chi connectivity index (χ2v) is 6.31. The van der Waals surface area contributed by atoms with E-state index in [1.54, 1.807) is 37.3 Å². The van der Waals surface area contributed by atoms with Crippen LogP contribution in [-0.2, 0) is 12.3 Å². The van der Waals surface area contributed by atoms with E-state index in [0.29, 0.717) is 28.6 Å². The van der Waals surface area contributed by atoms with Gasteiger partial charge in [-0.25, -0.2) is 4.39 Å². The SMILES string of the molecule is Cc1noc(CSc2ccccc2C(=O)NCc2ccccc2F)n1. The molecule has 25 heavy (non-hydrogen) atoms. The summed E-state index contributed by atoms with van der Waals surface area (Å²) in [4.78, 5) is 17.4. The van der Waals surface area contributed by atoms with Gasteiger partial charge in [0.05, 0.1) is 11.3 Å². The molecule has 0 aliphatic carbocycles. The zero-order chi connectivity index (χ0) is 17.6. The van der Waals surface area contributed by atoms with Crippen LogP contribution in [0.25, 0.3) is 0 Å². The van der Waals surface area contributed by atoms with Crippen LogP contribution in [0.1, 0.15) is 27.6 Å². The highest BCUT2D eigenvalue weighted by atomic mass is 32.2. The van der Waals surface area contributed by atoms with Crippen LogP contribution in [0.5, 0.6) is 0 Å². The number of carbonyl (C=O) groups excluding carboxylic acids is 1. The molecule has 5 nitrogen and oxygen atoms in total. The lowest BCUT2D eigenvalue weighted by molar-refractivity contribution is 0.0947. The van der Waals surface area contributed by atoms with Crippen LogP contribution in [0.4, 0.5) is 4.39 Å². The average Bonchev–Trinajstić information content (AvgIpc) is 3.04. The van der Waals surface area contributed by atoms with Gasteiger partial charge < -0.3 is 9.84 Å². The first kappa shape index (κ1) is 17.2. The van der Waals surface area contributed by atoms with Gasteiger partial charge in [0.15, 0.2) is 5.82 Å². The van der Waals surface area contributed by atoms with Crippen molar-refractivity contribution in [3.05, 3.63) is 77.2 Å². The molecule has 0 saturated carbocycles. The van der Waals surface area contributed by atoms with Gasteiger partial charge in [0.2, 0.25) is 5.89 Å². The van der Waals surface area contributed by atoms with Gasteiger partial charge in [-0.2, -0.15) is 4.98 Å². The smallest absolute Gasteiger partial charge is 0.252 e. The molecule has 0 aliphatic heterocycles. The molecule has 3 aromatic rings. The van der Waals surface area contributed by atoms with Gasteiger partial charge >= 0.3 is 0 Å². The minimum Gasteiger partial charge on any atom is -0.348 e. The number of nitrogens with one attached hydrogen (secondary N) is 1. The Morgan fingerprint density at radius 3 is 2.72 bits per heavy atom. The fourth-order valence-electron chi connectivity index (χ4n) is 2.23. The standard InChI is InChI=1S/C18H16FN3O2S/c1-12-21-17(24-22-12)11-25-16-9-5-3-7-14(16)18(23)20-10-13-6-2-4-8-15(13)19/h2-9H,10-11H2,1H3,(H,20,23). The minimum absolute atomic E-state index is 0.132. The highest BCUT2D eigenvalue weighted by Gasteiger charge is 2.13. The third-order valence-corrected chi connectivity index (χ3v) is 4.51. The van der Waals surface area contributed by atoms with Gasteiger partial charge in [-0.3, -0.25) is 4.79 Å². The van der Waals surface area contributed by atoms with Crippen molar-refractivity contribution in [2.45, 2.75) is 24.1 Å². The zero-order valence-corrected chi connectivity index (χ0v) is 14.3. The van der Waals surface area contributed by atoms with Crippen molar-refractivity contribution >= 4 is 17.7 Å². The number of thioether (sulfide) groups is 1. The highest BCUT2D eigenvalue weighted by molar-refractivity contribution is 7.98. The number of nitrogens with zero attached hydrogens (tertiary/aromatic N) is 2. The van der Waals surface area contributed by atoms with E-state index in [0.717, 1.165) is 4.90 Å². The summed E-state index contributed by atoms with van der Waals surface area (Å²) < 4.78 is 18.7. The molecule has 128 valence electrons. The van der Waals surface area contributed by atoms with Crippen molar-refractivity contribution in [2.24, 2.45) is 0 Å². The molecule has 7 heteroatoms. The molecule has 0 unspecified atom stereocenters. The third kappa shape index (κ3) is 4.45. The Morgan fingerprint density at radius 1 is 1.20 bits per heavy atom. The van der Waals surface area contributed by atoms with E-state index < -0.39 is 0 Å². The Bertz CT molecular complexity index is 882. The van der Waals surface area contributed by atoms with Crippen LogP contribution >= 0.6 is 11.8 Å². The predicted molar refractivity (Wildman–Crippen MR) is 92.6 cm³/mol. The van der Waals surface area contributed by atoms with Gasteiger partial charge in [0.25, 0.3) is 5.91 Å². The molecule has 1 heterocycles. The summed E-state index contributed by atoms with van der Waals surface area (Å²) in [5.41, 5.74) is 0.974. The quantitative estimate of drug-likeness (QED) is 0.681. The molecule has 3 rings (SSSR count). The van der Waals surface area contributed by atoms with Crippen molar-refractivity contribution in [3.8, 4) is 0 Å². The molecule has 0 bridgehead atoms. The van der Waals surface area contributed by atoms with E-state index >= 15 is 0 Å². The van der Waals surface area contributed by atoms with Crippen LogP contribution in [0.3, 0.4) is 0 Å². The van der Waals surface area contributed by atoms with Gasteiger partial charge in [-0.15, -0.1) is 11.8 Å². The van der Waals surface area contributed by atoms with Crippen molar-refractivity contribution in [3.63, 3.8) is 0 Å². The third-order valence-electron chi connectivity index (χ3n) is 3.45. The largest absolute Gasteiger partial charge is 0.348 e. The Hall–Kier alpha value is -2.67. The lowest BCUT2D eigenvalue weighted by atomic mass is 10.2. The zero-order valence-electron chi connectivity index (χ0n) is 13.5. The van der Waals surface area contributed by atoms with Crippen molar-refractivity contribution in [1.82, 2.24) is 15.5 Å². The summed E-state index contributed by atoms with van der Waals surface area (Å²) in [7, 11) is 0. The van der Waals surface area contributed by atoms with Gasteiger partial charge in [-0.05, 0) is 25.1 Å². The van der Waals surface area contributed by atoms with Crippen LogP contribution in [0.2, 0.25) is 0 Å². The number of aromatic nitrogens is 2. The number of benzene rings is 2. The molecular weight excluding hydrogens is 341 g/mol. The molecule has 1 aromatic heterocycles. The van der Waals surface area contributed by atoms with E-state index in [4.69, 9.17) is 4.52 Å². The van der Waals surface area contributed by atoms with Gasteiger partial charge in [0.1, 0.15) is 5.82 Å². The molecule has 1 amide bonds. The topological polar surface area (TPSA) is 68.0 Å². The average molecular weight is 357 g/mol. The second-order valence-electron chi connectivity index (χ2n) is 5.29. The van der Waals surface area contributed by atoms with Crippen molar-refractivity contribution < 1.29 is 13.7 Å². The Labute approximate surface area is 148 Å². The van der Waals surface area contributed by atoms with Gasteiger partial charge in [0, 0.05) is 17.0 Å².